The van der Waals surface area contributed by atoms with Gasteiger partial charge in [0.15, 0.2) is 6.73 Å². The van der Waals surface area contributed by atoms with Gasteiger partial charge in [0.2, 0.25) is 23.6 Å². The highest BCUT2D eigenvalue weighted by atomic mass is 16.5. The van der Waals surface area contributed by atoms with E-state index in [1.165, 1.54) is 6.92 Å². The van der Waals surface area contributed by atoms with Crippen LogP contribution in [0.1, 0.15) is 29.5 Å². The Labute approximate surface area is 265 Å². The van der Waals surface area contributed by atoms with E-state index in [0.717, 1.165) is 27.8 Å². The molecule has 0 fully saturated rings. The number of amides is 5. The molecule has 0 heterocycles. The first-order valence-corrected chi connectivity index (χ1v) is 14.6. The number of carbonyl (C=O) groups excluding carboxylic acids is 6. The minimum absolute atomic E-state index is 0.0859. The zero-order valence-corrected chi connectivity index (χ0v) is 25.2. The summed E-state index contributed by atoms with van der Waals surface area (Å²) in [6.45, 7) is -0.381. The van der Waals surface area contributed by atoms with Crippen molar-refractivity contribution in [2.24, 2.45) is 0 Å². The smallest absolute Gasteiger partial charge is 0.407 e. The third kappa shape index (κ3) is 9.64. The van der Waals surface area contributed by atoms with Crippen molar-refractivity contribution < 1.29 is 38.2 Å². The summed E-state index contributed by atoms with van der Waals surface area (Å²) in [7, 11) is 0. The molecular weight excluding hydrogens is 594 g/mol. The van der Waals surface area contributed by atoms with Gasteiger partial charge in [-0.2, -0.15) is 0 Å². The van der Waals surface area contributed by atoms with E-state index >= 15 is 0 Å². The quantitative estimate of drug-likeness (QED) is 0.130. The normalized spacial score (nSPS) is 12.0. The first kappa shape index (κ1) is 33.2. The number of hydrogen-bond donors (Lipinski definition) is 5. The fourth-order valence-corrected chi connectivity index (χ4v) is 4.92. The van der Waals surface area contributed by atoms with Gasteiger partial charge in [0, 0.05) is 19.3 Å². The second kappa shape index (κ2) is 16.4. The van der Waals surface area contributed by atoms with Gasteiger partial charge in [-0.05, 0) is 27.8 Å². The van der Waals surface area contributed by atoms with Gasteiger partial charge in [-0.1, -0.05) is 78.9 Å². The molecule has 1 aliphatic rings. The summed E-state index contributed by atoms with van der Waals surface area (Å²) in [4.78, 5) is 72.9. The average Bonchev–Trinajstić information content (AvgIpc) is 3.37. The van der Waals surface area contributed by atoms with Crippen LogP contribution in [0, 0.1) is 0 Å². The van der Waals surface area contributed by atoms with Crippen LogP contribution >= 0.6 is 0 Å². The lowest BCUT2D eigenvalue weighted by molar-refractivity contribution is -0.143. The third-order valence-corrected chi connectivity index (χ3v) is 7.09. The van der Waals surface area contributed by atoms with Crippen molar-refractivity contribution in [3.63, 3.8) is 0 Å². The van der Waals surface area contributed by atoms with Crippen molar-refractivity contribution >= 4 is 35.7 Å². The summed E-state index contributed by atoms with van der Waals surface area (Å²) in [6.07, 6.45) is -0.664. The highest BCUT2D eigenvalue weighted by Gasteiger charge is 2.29. The van der Waals surface area contributed by atoms with E-state index in [2.05, 4.69) is 31.3 Å². The lowest BCUT2D eigenvalue weighted by Crippen LogP contribution is -2.52. The van der Waals surface area contributed by atoms with Gasteiger partial charge in [0.1, 0.15) is 19.2 Å². The van der Waals surface area contributed by atoms with Crippen LogP contribution in [0.25, 0.3) is 11.1 Å². The number of benzene rings is 3. The summed E-state index contributed by atoms with van der Waals surface area (Å²) in [5.74, 6) is -3.25. The maximum Gasteiger partial charge on any atom is 0.407 e. The number of esters is 1. The molecular formula is C33H35N5O8. The molecule has 1 unspecified atom stereocenters. The first-order valence-electron chi connectivity index (χ1n) is 14.6. The monoisotopic (exact) mass is 629 g/mol. The SMILES string of the molecule is CC(=O)OCNC(=O)CNC(=O)C(Cc1ccccc1)NC(=O)CNC(=O)CNC(=O)OCC1c2ccccc2-c2ccccc21. The van der Waals surface area contributed by atoms with Crippen LogP contribution in [0.5, 0.6) is 0 Å². The molecule has 240 valence electrons. The van der Waals surface area contributed by atoms with Crippen LogP contribution < -0.4 is 26.6 Å². The molecule has 0 bridgehead atoms. The Kier molecular flexibility index (Phi) is 11.8. The third-order valence-electron chi connectivity index (χ3n) is 7.09. The summed E-state index contributed by atoms with van der Waals surface area (Å²) in [5.41, 5.74) is 5.05. The molecule has 0 saturated carbocycles. The van der Waals surface area contributed by atoms with Crippen molar-refractivity contribution in [2.75, 3.05) is 33.0 Å². The molecule has 0 radical (unpaired) electrons. The Morgan fingerprint density at radius 3 is 1.87 bits per heavy atom. The van der Waals surface area contributed by atoms with E-state index in [1.807, 2.05) is 48.5 Å². The molecule has 0 aliphatic heterocycles. The molecule has 0 aromatic heterocycles. The maximum atomic E-state index is 12.8. The van der Waals surface area contributed by atoms with Crippen molar-refractivity contribution in [3.8, 4) is 11.1 Å². The highest BCUT2D eigenvalue weighted by Crippen LogP contribution is 2.44. The number of ether oxygens (including phenoxy) is 2. The molecule has 13 nitrogen and oxygen atoms in total. The maximum absolute atomic E-state index is 12.8. The molecule has 46 heavy (non-hydrogen) atoms. The summed E-state index contributed by atoms with van der Waals surface area (Å²) >= 11 is 0. The van der Waals surface area contributed by atoms with Crippen LogP contribution in [0.15, 0.2) is 78.9 Å². The molecule has 4 rings (SSSR count). The fourth-order valence-electron chi connectivity index (χ4n) is 4.92. The topological polar surface area (TPSA) is 181 Å². The van der Waals surface area contributed by atoms with Crippen molar-refractivity contribution in [1.82, 2.24) is 26.6 Å². The van der Waals surface area contributed by atoms with E-state index < -0.39 is 61.4 Å². The average molecular weight is 630 g/mol. The molecule has 1 atom stereocenters. The Morgan fingerprint density at radius 2 is 1.22 bits per heavy atom. The number of hydrogen-bond acceptors (Lipinski definition) is 8. The lowest BCUT2D eigenvalue weighted by Gasteiger charge is -2.19. The zero-order chi connectivity index (χ0) is 32.9. The molecule has 3 aromatic carbocycles. The standard InChI is InChI=1S/C33H35N5O8/c1-21(39)46-20-37-30(41)16-35-32(43)28(15-22-9-3-2-4-10-22)38-31(42)18-34-29(40)17-36-33(44)45-19-27-25-13-7-5-11-23(25)24-12-6-8-14-26(24)27/h2-14,27-28H,15-20H2,1H3,(H,34,40)(H,35,43)(H,36,44)(H,37,41)(H,38,42). The van der Waals surface area contributed by atoms with Crippen LogP contribution in [-0.4, -0.2) is 74.7 Å². The first-order chi connectivity index (χ1) is 22.2. The van der Waals surface area contributed by atoms with Gasteiger partial charge >= 0.3 is 12.1 Å². The molecule has 3 aromatic rings. The highest BCUT2D eigenvalue weighted by molar-refractivity contribution is 5.92. The Morgan fingerprint density at radius 1 is 0.652 bits per heavy atom. The van der Waals surface area contributed by atoms with E-state index in [4.69, 9.17) is 4.74 Å². The van der Waals surface area contributed by atoms with Crippen molar-refractivity contribution in [2.45, 2.75) is 25.3 Å². The Balaban J connectivity index is 1.21. The minimum Gasteiger partial charge on any atom is -0.449 e. The van der Waals surface area contributed by atoms with E-state index in [1.54, 1.807) is 30.3 Å². The van der Waals surface area contributed by atoms with E-state index in [-0.39, 0.29) is 25.7 Å². The van der Waals surface area contributed by atoms with Gasteiger partial charge in [-0.25, -0.2) is 4.79 Å². The van der Waals surface area contributed by atoms with Gasteiger partial charge < -0.3 is 36.1 Å². The van der Waals surface area contributed by atoms with Gasteiger partial charge in [0.05, 0.1) is 13.1 Å². The number of rotatable bonds is 14. The molecule has 13 heteroatoms. The van der Waals surface area contributed by atoms with Crippen LogP contribution in [0.3, 0.4) is 0 Å². The van der Waals surface area contributed by atoms with Crippen LogP contribution in [0.2, 0.25) is 0 Å². The fraction of sp³-hybridized carbons (Fsp3) is 0.273. The molecule has 5 amide bonds. The van der Waals surface area contributed by atoms with Gasteiger partial charge in [0.25, 0.3) is 0 Å². The van der Waals surface area contributed by atoms with Gasteiger partial charge in [-0.15, -0.1) is 0 Å². The molecule has 0 spiro atoms. The Bertz CT molecular complexity index is 1530. The minimum atomic E-state index is -1.06. The van der Waals surface area contributed by atoms with Crippen molar-refractivity contribution in [1.29, 1.82) is 0 Å². The number of fused-ring (bicyclic) bond motifs is 3. The number of carbonyl (C=O) groups is 6. The summed E-state index contributed by atoms with van der Waals surface area (Å²) in [6, 6.07) is 23.7. The second-order valence-electron chi connectivity index (χ2n) is 10.4. The largest absolute Gasteiger partial charge is 0.449 e. The lowest BCUT2D eigenvalue weighted by atomic mass is 9.98. The van der Waals surface area contributed by atoms with Crippen LogP contribution in [-0.2, 0) is 39.9 Å². The number of nitrogens with one attached hydrogen (secondary N) is 5. The summed E-state index contributed by atoms with van der Waals surface area (Å²) in [5, 5.41) is 12.1. The van der Waals surface area contributed by atoms with E-state index in [9.17, 15) is 28.8 Å². The number of alkyl carbamates (subject to hydrolysis) is 1. The zero-order valence-electron chi connectivity index (χ0n) is 25.2. The van der Waals surface area contributed by atoms with Crippen molar-refractivity contribution in [3.05, 3.63) is 95.6 Å². The second-order valence-corrected chi connectivity index (χ2v) is 10.4. The van der Waals surface area contributed by atoms with Crippen LogP contribution in [0.4, 0.5) is 4.79 Å². The Hall–Kier alpha value is -5.72. The summed E-state index contributed by atoms with van der Waals surface area (Å²) < 4.78 is 10.0. The molecule has 5 N–H and O–H groups in total. The molecule has 0 saturated heterocycles. The predicted molar refractivity (Wildman–Crippen MR) is 166 cm³/mol. The van der Waals surface area contributed by atoms with Gasteiger partial charge in [-0.3, -0.25) is 24.0 Å². The van der Waals surface area contributed by atoms with E-state index in [0.29, 0.717) is 0 Å². The predicted octanol–water partition coefficient (Wildman–Crippen LogP) is 1.12. The molecule has 1 aliphatic carbocycles.